The molecular formula is C22H28N4O7S. The molecule has 0 aliphatic rings. The molecule has 0 unspecified atom stereocenters. The molecule has 11 nitrogen and oxygen atoms in total. The van der Waals surface area contributed by atoms with Gasteiger partial charge in [-0.25, -0.2) is 8.42 Å². The molecule has 0 spiro atoms. The van der Waals surface area contributed by atoms with E-state index in [4.69, 9.17) is 4.74 Å². The second-order valence-corrected chi connectivity index (χ2v) is 9.57. The fourth-order valence-electron chi connectivity index (χ4n) is 3.33. The van der Waals surface area contributed by atoms with Crippen molar-refractivity contribution in [1.29, 1.82) is 0 Å². The number of nitro benzene ring substituents is 1. The van der Waals surface area contributed by atoms with Gasteiger partial charge >= 0.3 is 0 Å². The Bertz CT molecular complexity index is 1180. The van der Waals surface area contributed by atoms with Crippen molar-refractivity contribution >= 4 is 33.2 Å². The quantitative estimate of drug-likeness (QED) is 0.394. The van der Waals surface area contributed by atoms with Crippen molar-refractivity contribution in [2.24, 2.45) is 0 Å². The van der Waals surface area contributed by atoms with E-state index in [1.54, 1.807) is 31.2 Å². The van der Waals surface area contributed by atoms with E-state index >= 15 is 0 Å². The van der Waals surface area contributed by atoms with Gasteiger partial charge in [0.25, 0.3) is 5.69 Å². The van der Waals surface area contributed by atoms with Crippen molar-refractivity contribution in [2.75, 3.05) is 31.3 Å². The van der Waals surface area contributed by atoms with Gasteiger partial charge < -0.3 is 15.0 Å². The van der Waals surface area contributed by atoms with Crippen LogP contribution in [0.15, 0.2) is 42.5 Å². The van der Waals surface area contributed by atoms with Crippen LogP contribution in [-0.4, -0.2) is 63.1 Å². The van der Waals surface area contributed by atoms with Crippen LogP contribution in [0.3, 0.4) is 0 Å². The van der Waals surface area contributed by atoms with Crippen molar-refractivity contribution in [3.63, 3.8) is 0 Å². The molecule has 2 amide bonds. The van der Waals surface area contributed by atoms with Crippen LogP contribution < -0.4 is 14.4 Å². The number of methoxy groups -OCH3 is 1. The minimum atomic E-state index is -4.00. The Hall–Kier alpha value is -3.67. The smallest absolute Gasteiger partial charge is 0.271 e. The fraction of sp³-hybridized carbons (Fsp3) is 0.364. The summed E-state index contributed by atoms with van der Waals surface area (Å²) in [5, 5.41) is 13.7. The van der Waals surface area contributed by atoms with Crippen LogP contribution in [0.5, 0.6) is 5.75 Å². The molecular weight excluding hydrogens is 464 g/mol. The minimum absolute atomic E-state index is 0.0101. The van der Waals surface area contributed by atoms with Crippen LogP contribution in [-0.2, 0) is 26.2 Å². The van der Waals surface area contributed by atoms with E-state index in [9.17, 15) is 28.1 Å². The molecule has 184 valence electrons. The molecule has 0 aliphatic carbocycles. The Balaban J connectivity index is 2.48. The maximum Gasteiger partial charge on any atom is 0.271 e. The van der Waals surface area contributed by atoms with E-state index in [0.717, 1.165) is 16.6 Å². The summed E-state index contributed by atoms with van der Waals surface area (Å²) < 4.78 is 31.3. The lowest BCUT2D eigenvalue weighted by atomic mass is 10.1. The number of likely N-dealkylation sites (N-methyl/N-ethyl adjacent to an activating group) is 1. The van der Waals surface area contributed by atoms with Gasteiger partial charge in [0.15, 0.2) is 0 Å². The Kier molecular flexibility index (Phi) is 8.57. The molecule has 2 rings (SSSR count). The molecule has 0 radical (unpaired) electrons. The summed E-state index contributed by atoms with van der Waals surface area (Å²) in [4.78, 5) is 37.6. The standard InChI is InChI=1S/C22H28N4O7S/c1-15-9-10-18(26(29)30)12-20(15)25(34(5,31)32)14-21(27)24(16(2)22(28)23-3)13-17-7-6-8-19(11-17)33-4/h6-12,16H,13-14H2,1-5H3,(H,23,28)/t16-/m1/s1. The molecule has 1 N–H and O–H groups in total. The number of hydrogen-bond donors (Lipinski definition) is 1. The molecule has 0 saturated heterocycles. The van der Waals surface area contributed by atoms with E-state index in [1.807, 2.05) is 0 Å². The highest BCUT2D eigenvalue weighted by Gasteiger charge is 2.31. The number of sulfonamides is 1. The zero-order valence-corrected chi connectivity index (χ0v) is 20.5. The van der Waals surface area contributed by atoms with Crippen LogP contribution in [0, 0.1) is 17.0 Å². The first kappa shape index (κ1) is 26.6. The molecule has 2 aromatic carbocycles. The summed E-state index contributed by atoms with van der Waals surface area (Å²) in [5.74, 6) is -0.536. The number of rotatable bonds is 10. The van der Waals surface area contributed by atoms with Gasteiger partial charge in [-0.3, -0.25) is 24.0 Å². The average Bonchev–Trinajstić information content (AvgIpc) is 2.79. The highest BCUT2D eigenvalue weighted by molar-refractivity contribution is 7.92. The number of anilines is 1. The van der Waals surface area contributed by atoms with Crippen molar-refractivity contribution in [3.05, 3.63) is 63.7 Å². The number of ether oxygens (including phenoxy) is 1. The number of carbonyl (C=O) groups is 2. The van der Waals surface area contributed by atoms with Gasteiger partial charge in [-0.2, -0.15) is 0 Å². The number of nitrogens with zero attached hydrogens (tertiary/aromatic N) is 3. The van der Waals surface area contributed by atoms with E-state index in [-0.39, 0.29) is 17.9 Å². The maximum atomic E-state index is 13.4. The molecule has 0 bridgehead atoms. The van der Waals surface area contributed by atoms with Gasteiger partial charge in [-0.05, 0) is 37.1 Å². The van der Waals surface area contributed by atoms with Crippen molar-refractivity contribution in [3.8, 4) is 5.75 Å². The highest BCUT2D eigenvalue weighted by Crippen LogP contribution is 2.28. The molecule has 0 fully saturated rings. The van der Waals surface area contributed by atoms with E-state index in [2.05, 4.69) is 5.32 Å². The molecule has 0 saturated carbocycles. The third kappa shape index (κ3) is 6.44. The molecule has 12 heteroatoms. The van der Waals surface area contributed by atoms with Crippen LogP contribution in [0.25, 0.3) is 0 Å². The summed E-state index contributed by atoms with van der Waals surface area (Å²) >= 11 is 0. The van der Waals surface area contributed by atoms with Gasteiger partial charge in [-0.15, -0.1) is 0 Å². The minimum Gasteiger partial charge on any atom is -0.497 e. The van der Waals surface area contributed by atoms with Crippen LogP contribution in [0.4, 0.5) is 11.4 Å². The van der Waals surface area contributed by atoms with Gasteiger partial charge in [-0.1, -0.05) is 18.2 Å². The monoisotopic (exact) mass is 492 g/mol. The van der Waals surface area contributed by atoms with Gasteiger partial charge in [0.2, 0.25) is 21.8 Å². The zero-order valence-electron chi connectivity index (χ0n) is 19.6. The Morgan fingerprint density at radius 3 is 2.44 bits per heavy atom. The Morgan fingerprint density at radius 2 is 1.88 bits per heavy atom. The van der Waals surface area contributed by atoms with Gasteiger partial charge in [0.1, 0.15) is 18.3 Å². The molecule has 0 heterocycles. The molecule has 0 aliphatic heterocycles. The Morgan fingerprint density at radius 1 is 1.21 bits per heavy atom. The summed E-state index contributed by atoms with van der Waals surface area (Å²) in [6, 6.07) is 9.77. The molecule has 0 aromatic heterocycles. The number of non-ortho nitro benzene ring substituents is 1. The molecule has 2 aromatic rings. The predicted octanol–water partition coefficient (Wildman–Crippen LogP) is 1.84. The lowest BCUT2D eigenvalue weighted by Gasteiger charge is -2.31. The lowest BCUT2D eigenvalue weighted by molar-refractivity contribution is -0.384. The van der Waals surface area contributed by atoms with Crippen LogP contribution in [0.2, 0.25) is 0 Å². The van der Waals surface area contributed by atoms with Gasteiger partial charge in [0, 0.05) is 25.7 Å². The second kappa shape index (κ2) is 11.0. The predicted molar refractivity (Wildman–Crippen MR) is 127 cm³/mol. The number of nitro groups is 1. The topological polar surface area (TPSA) is 139 Å². The van der Waals surface area contributed by atoms with E-state index in [0.29, 0.717) is 16.9 Å². The largest absolute Gasteiger partial charge is 0.497 e. The van der Waals surface area contributed by atoms with E-state index in [1.165, 1.54) is 38.1 Å². The number of aryl methyl sites for hydroxylation is 1. The van der Waals surface area contributed by atoms with Gasteiger partial charge in [0.05, 0.1) is 24.0 Å². The number of amides is 2. The molecule has 1 atom stereocenters. The SMILES string of the molecule is CNC(=O)[C@@H](C)N(Cc1cccc(OC)c1)C(=O)CN(c1cc([N+](=O)[O-])ccc1C)S(C)(=O)=O. The normalized spacial score (nSPS) is 11.9. The molecule has 34 heavy (non-hydrogen) atoms. The first-order valence-corrected chi connectivity index (χ1v) is 12.1. The van der Waals surface area contributed by atoms with Crippen LogP contribution >= 0.6 is 0 Å². The second-order valence-electron chi connectivity index (χ2n) is 7.66. The summed E-state index contributed by atoms with van der Waals surface area (Å²) in [5.41, 5.74) is 0.802. The summed E-state index contributed by atoms with van der Waals surface area (Å²) in [6.07, 6.45) is 0.910. The first-order valence-electron chi connectivity index (χ1n) is 10.3. The lowest BCUT2D eigenvalue weighted by Crippen LogP contribution is -2.50. The number of benzene rings is 2. The summed E-state index contributed by atoms with van der Waals surface area (Å²) in [7, 11) is -1.07. The van der Waals surface area contributed by atoms with Crippen molar-refractivity contribution in [1.82, 2.24) is 10.2 Å². The van der Waals surface area contributed by atoms with E-state index < -0.39 is 39.3 Å². The van der Waals surface area contributed by atoms with Crippen LogP contribution in [0.1, 0.15) is 18.1 Å². The fourth-order valence-corrected chi connectivity index (χ4v) is 4.23. The number of carbonyl (C=O) groups excluding carboxylic acids is 2. The third-order valence-electron chi connectivity index (χ3n) is 5.25. The number of nitrogens with one attached hydrogen (secondary N) is 1. The first-order chi connectivity index (χ1) is 15.9. The average molecular weight is 493 g/mol. The highest BCUT2D eigenvalue weighted by atomic mass is 32.2. The van der Waals surface area contributed by atoms with Crippen molar-refractivity contribution in [2.45, 2.75) is 26.4 Å². The zero-order chi connectivity index (χ0) is 25.6. The maximum absolute atomic E-state index is 13.4. The van der Waals surface area contributed by atoms with Crippen molar-refractivity contribution < 1.29 is 27.7 Å². The summed E-state index contributed by atoms with van der Waals surface area (Å²) in [6.45, 7) is 2.48. The Labute approximate surface area is 198 Å². The number of hydrogen-bond acceptors (Lipinski definition) is 7. The third-order valence-corrected chi connectivity index (χ3v) is 6.38.